The van der Waals surface area contributed by atoms with Crippen LogP contribution in [-0.4, -0.2) is 97.3 Å². The van der Waals surface area contributed by atoms with Crippen LogP contribution in [0.1, 0.15) is 21.6 Å². The molecule has 0 aliphatic carbocycles. The number of benzene rings is 2. The number of aromatic nitrogens is 1. The molecule has 208 valence electrons. The molecule has 0 saturated carbocycles. The first-order chi connectivity index (χ1) is 19.0. The van der Waals surface area contributed by atoms with Gasteiger partial charge < -0.3 is 23.8 Å². The average Bonchev–Trinajstić information content (AvgIpc) is 3.40. The number of nitrogens with zero attached hydrogens (tertiary/aromatic N) is 4. The van der Waals surface area contributed by atoms with Crippen molar-refractivity contribution in [1.82, 2.24) is 19.3 Å². The SMILES string of the molecule is COCCN(Cc1cccn1Cc1ccccc1)C(=O)CN(CCN1CCOCC1)C(=O)c1cccc(F)c1. The first-order valence-electron chi connectivity index (χ1n) is 13.3. The van der Waals surface area contributed by atoms with Gasteiger partial charge in [-0.15, -0.1) is 0 Å². The molecule has 0 atom stereocenters. The predicted octanol–water partition coefficient (Wildman–Crippen LogP) is 3.13. The fourth-order valence-electron chi connectivity index (χ4n) is 4.62. The molecular weight excluding hydrogens is 499 g/mol. The molecular formula is C30H37FN4O4. The molecule has 2 aromatic carbocycles. The fourth-order valence-corrected chi connectivity index (χ4v) is 4.62. The number of carbonyl (C=O) groups excluding carboxylic acids is 2. The van der Waals surface area contributed by atoms with E-state index in [1.165, 1.54) is 28.7 Å². The van der Waals surface area contributed by atoms with Crippen LogP contribution in [0.25, 0.3) is 0 Å². The van der Waals surface area contributed by atoms with Gasteiger partial charge in [0.05, 0.1) is 26.4 Å². The number of hydrogen-bond acceptors (Lipinski definition) is 5. The van der Waals surface area contributed by atoms with Gasteiger partial charge in [-0.3, -0.25) is 14.5 Å². The molecule has 8 nitrogen and oxygen atoms in total. The third-order valence-corrected chi connectivity index (χ3v) is 6.86. The van der Waals surface area contributed by atoms with Crippen LogP contribution < -0.4 is 0 Å². The minimum atomic E-state index is -0.485. The van der Waals surface area contributed by atoms with Gasteiger partial charge >= 0.3 is 0 Å². The van der Waals surface area contributed by atoms with E-state index < -0.39 is 5.82 Å². The van der Waals surface area contributed by atoms with Gasteiger partial charge in [0, 0.05) is 63.8 Å². The molecule has 1 aliphatic heterocycles. The normalized spacial score (nSPS) is 13.8. The van der Waals surface area contributed by atoms with Gasteiger partial charge in [0.1, 0.15) is 12.4 Å². The third-order valence-electron chi connectivity index (χ3n) is 6.86. The van der Waals surface area contributed by atoms with Crippen molar-refractivity contribution in [3.05, 3.63) is 95.6 Å². The van der Waals surface area contributed by atoms with E-state index in [9.17, 15) is 14.0 Å². The van der Waals surface area contributed by atoms with Gasteiger partial charge in [0.25, 0.3) is 5.91 Å². The summed E-state index contributed by atoms with van der Waals surface area (Å²) in [5.41, 5.74) is 2.38. The largest absolute Gasteiger partial charge is 0.383 e. The highest BCUT2D eigenvalue weighted by Gasteiger charge is 2.24. The van der Waals surface area contributed by atoms with E-state index in [1.54, 1.807) is 18.1 Å². The number of rotatable bonds is 13. The molecule has 0 N–H and O–H groups in total. The molecule has 2 amide bonds. The number of halogens is 1. The second kappa shape index (κ2) is 14.6. The summed E-state index contributed by atoms with van der Waals surface area (Å²) in [6, 6.07) is 19.7. The van der Waals surface area contributed by atoms with Crippen LogP contribution in [-0.2, 0) is 27.4 Å². The van der Waals surface area contributed by atoms with Gasteiger partial charge in [0.15, 0.2) is 0 Å². The first-order valence-corrected chi connectivity index (χ1v) is 13.3. The maximum Gasteiger partial charge on any atom is 0.254 e. The lowest BCUT2D eigenvalue weighted by Gasteiger charge is -2.31. The predicted molar refractivity (Wildman–Crippen MR) is 147 cm³/mol. The number of morpholine rings is 1. The number of ether oxygens (including phenoxy) is 2. The zero-order valence-corrected chi connectivity index (χ0v) is 22.5. The van der Waals surface area contributed by atoms with Crippen LogP contribution in [0.4, 0.5) is 4.39 Å². The number of hydrogen-bond donors (Lipinski definition) is 0. The molecule has 9 heteroatoms. The molecule has 2 heterocycles. The minimum absolute atomic E-state index is 0.108. The smallest absolute Gasteiger partial charge is 0.254 e. The van der Waals surface area contributed by atoms with Crippen LogP contribution in [0.5, 0.6) is 0 Å². The van der Waals surface area contributed by atoms with Crippen LogP contribution in [0.2, 0.25) is 0 Å². The molecule has 39 heavy (non-hydrogen) atoms. The molecule has 4 rings (SSSR count). The molecule has 0 unspecified atom stereocenters. The van der Waals surface area contributed by atoms with Crippen molar-refractivity contribution in [1.29, 1.82) is 0 Å². The van der Waals surface area contributed by atoms with Crippen molar-refractivity contribution in [2.45, 2.75) is 13.1 Å². The maximum atomic E-state index is 13.9. The highest BCUT2D eigenvalue weighted by atomic mass is 19.1. The Morgan fingerprint density at radius 2 is 1.77 bits per heavy atom. The molecule has 3 aromatic rings. The van der Waals surface area contributed by atoms with Gasteiger partial charge in [-0.05, 0) is 35.9 Å². The summed E-state index contributed by atoms with van der Waals surface area (Å²) in [6.45, 7) is 5.51. The highest BCUT2D eigenvalue weighted by molar-refractivity contribution is 5.96. The van der Waals surface area contributed by atoms with Gasteiger partial charge in [-0.1, -0.05) is 36.4 Å². The van der Waals surface area contributed by atoms with E-state index in [0.717, 1.165) is 18.8 Å². The molecule has 0 radical (unpaired) electrons. The highest BCUT2D eigenvalue weighted by Crippen LogP contribution is 2.13. The zero-order chi connectivity index (χ0) is 27.5. The number of carbonyl (C=O) groups is 2. The van der Waals surface area contributed by atoms with Gasteiger partial charge in [-0.25, -0.2) is 4.39 Å². The van der Waals surface area contributed by atoms with E-state index in [4.69, 9.17) is 9.47 Å². The summed E-state index contributed by atoms with van der Waals surface area (Å²) in [4.78, 5) is 32.6. The summed E-state index contributed by atoms with van der Waals surface area (Å²) < 4.78 is 26.8. The Morgan fingerprint density at radius 3 is 2.51 bits per heavy atom. The summed E-state index contributed by atoms with van der Waals surface area (Å²) >= 11 is 0. The molecule has 0 spiro atoms. The first kappa shape index (κ1) is 28.5. The van der Waals surface area contributed by atoms with Crippen LogP contribution in [0.15, 0.2) is 72.9 Å². The second-order valence-corrected chi connectivity index (χ2v) is 9.61. The number of methoxy groups -OCH3 is 1. The van der Waals surface area contributed by atoms with Crippen molar-refractivity contribution >= 4 is 11.8 Å². The molecule has 1 aromatic heterocycles. The van der Waals surface area contributed by atoms with Crippen LogP contribution >= 0.6 is 0 Å². The van der Waals surface area contributed by atoms with E-state index in [2.05, 4.69) is 21.6 Å². The quantitative estimate of drug-likeness (QED) is 0.336. The van der Waals surface area contributed by atoms with Gasteiger partial charge in [-0.2, -0.15) is 0 Å². The van der Waals surface area contributed by atoms with Crippen molar-refractivity contribution in [2.24, 2.45) is 0 Å². The van der Waals surface area contributed by atoms with Gasteiger partial charge in [0.2, 0.25) is 5.91 Å². The summed E-state index contributed by atoms with van der Waals surface area (Å²) in [5.74, 6) is -1.04. The van der Waals surface area contributed by atoms with E-state index in [-0.39, 0.29) is 23.9 Å². The second-order valence-electron chi connectivity index (χ2n) is 9.61. The summed E-state index contributed by atoms with van der Waals surface area (Å²) in [7, 11) is 1.60. The maximum absolute atomic E-state index is 13.9. The topological polar surface area (TPSA) is 67.2 Å². The van der Waals surface area contributed by atoms with Crippen molar-refractivity contribution in [3.63, 3.8) is 0 Å². The Morgan fingerprint density at radius 1 is 0.974 bits per heavy atom. The van der Waals surface area contributed by atoms with Crippen molar-refractivity contribution in [2.75, 3.05) is 66.2 Å². The van der Waals surface area contributed by atoms with Crippen molar-refractivity contribution < 1.29 is 23.5 Å². The lowest BCUT2D eigenvalue weighted by Crippen LogP contribution is -2.47. The van der Waals surface area contributed by atoms with Crippen LogP contribution in [0, 0.1) is 5.82 Å². The van der Waals surface area contributed by atoms with Crippen LogP contribution in [0.3, 0.4) is 0 Å². The Bertz CT molecular complexity index is 1200. The van der Waals surface area contributed by atoms with E-state index in [0.29, 0.717) is 52.5 Å². The zero-order valence-electron chi connectivity index (χ0n) is 22.5. The Balaban J connectivity index is 1.49. The Hall–Kier alpha value is -3.53. The lowest BCUT2D eigenvalue weighted by atomic mass is 10.2. The lowest BCUT2D eigenvalue weighted by molar-refractivity contribution is -0.133. The standard InChI is InChI=1S/C30H37FN4O4/c1-38-18-17-34(23-28-11-6-12-33(28)22-25-7-3-2-4-8-25)29(36)24-35(14-13-32-15-19-39-20-16-32)30(37)26-9-5-10-27(31)21-26/h2-12,21H,13-20,22-24H2,1H3. The molecule has 1 fully saturated rings. The Labute approximate surface area is 229 Å². The summed E-state index contributed by atoms with van der Waals surface area (Å²) in [5, 5.41) is 0. The fraction of sp³-hybridized carbons (Fsp3) is 0.400. The van der Waals surface area contributed by atoms with E-state index in [1.807, 2.05) is 36.5 Å². The monoisotopic (exact) mass is 536 g/mol. The van der Waals surface area contributed by atoms with E-state index >= 15 is 0 Å². The van der Waals surface area contributed by atoms with Crippen molar-refractivity contribution in [3.8, 4) is 0 Å². The number of amides is 2. The molecule has 1 saturated heterocycles. The Kier molecular flexibility index (Phi) is 10.6. The molecule has 0 bridgehead atoms. The summed E-state index contributed by atoms with van der Waals surface area (Å²) in [6.07, 6.45) is 2.00. The minimum Gasteiger partial charge on any atom is -0.383 e. The average molecular weight is 537 g/mol. The molecule has 1 aliphatic rings. The third kappa shape index (κ3) is 8.48.